The monoisotopic (exact) mass is 391 g/mol. The molecule has 0 spiro atoms. The lowest BCUT2D eigenvalue weighted by Gasteiger charge is -2.52. The highest BCUT2D eigenvalue weighted by atomic mass is 32.2. The minimum atomic E-state index is -1.36. The van der Waals surface area contributed by atoms with Crippen LogP contribution >= 0.6 is 11.8 Å². The Bertz CT molecular complexity index is 840. The number of carboxylic acid groups (broad SMARTS) is 2. The van der Waals surface area contributed by atoms with Crippen LogP contribution in [0.2, 0.25) is 0 Å². The topological polar surface area (TPSA) is 141 Å². The number of carbonyl (C=O) groups is 4. The third kappa shape index (κ3) is 3.28. The second kappa shape index (κ2) is 7.41. The van der Waals surface area contributed by atoms with Crippen LogP contribution < -0.4 is 10.6 Å². The summed E-state index contributed by atoms with van der Waals surface area (Å²) in [6.45, 7) is -0.304. The third-order valence-corrected chi connectivity index (χ3v) is 5.67. The molecule has 27 heavy (non-hydrogen) atoms. The molecule has 1 fully saturated rings. The summed E-state index contributed by atoms with van der Waals surface area (Å²) < 4.78 is 0. The fourth-order valence-electron chi connectivity index (χ4n) is 3.23. The van der Waals surface area contributed by atoms with Gasteiger partial charge in [-0.15, -0.1) is 11.8 Å². The summed E-state index contributed by atoms with van der Waals surface area (Å²) in [6.07, 6.45) is -0.458. The molecular weight excluding hydrogens is 374 g/mol. The maximum Gasteiger partial charge on any atom is 0.352 e. The van der Waals surface area contributed by atoms with Gasteiger partial charge in [-0.1, -0.05) is 18.2 Å². The maximum absolute atomic E-state index is 12.8. The smallest absolute Gasteiger partial charge is 0.352 e. The van der Waals surface area contributed by atoms with Crippen LogP contribution in [0.15, 0.2) is 41.6 Å². The number of hydrogen-bond acceptors (Lipinski definition) is 6. The number of fused-ring (bicyclic) bond motifs is 1. The first-order valence-corrected chi connectivity index (χ1v) is 9.10. The van der Waals surface area contributed by atoms with Gasteiger partial charge in [0.1, 0.15) is 17.1 Å². The minimum Gasteiger partial charge on any atom is -0.481 e. The molecule has 1 aromatic rings. The van der Waals surface area contributed by atoms with E-state index in [0.29, 0.717) is 5.69 Å². The lowest BCUT2D eigenvalue weighted by molar-refractivity contribution is -0.149. The van der Waals surface area contributed by atoms with E-state index in [9.17, 15) is 24.3 Å². The lowest BCUT2D eigenvalue weighted by atomic mass is 9.99. The predicted octanol–water partition coefficient (Wildman–Crippen LogP) is 0.0754. The molecule has 9 nitrogen and oxygen atoms in total. The molecule has 2 atom stereocenters. The van der Waals surface area contributed by atoms with Crippen molar-refractivity contribution in [1.82, 2.24) is 4.90 Å². The SMILES string of the molecule is NCC(=O)N(c1ccccc1)[C@@H]1C(=O)N2C(C(=O)O)=C(CC(=O)O)CS[C@@H]12. The first kappa shape index (κ1) is 18.9. The number of benzene rings is 1. The Morgan fingerprint density at radius 2 is 1.89 bits per heavy atom. The molecule has 0 aromatic heterocycles. The van der Waals surface area contributed by atoms with Gasteiger partial charge in [0.05, 0.1) is 13.0 Å². The quantitative estimate of drug-likeness (QED) is 0.579. The van der Waals surface area contributed by atoms with Crippen molar-refractivity contribution in [2.45, 2.75) is 17.8 Å². The number of amides is 2. The number of β-lactam (4-membered cyclic amide) rings is 1. The van der Waals surface area contributed by atoms with E-state index in [-0.39, 0.29) is 23.6 Å². The zero-order valence-corrected chi connectivity index (χ0v) is 14.9. The third-order valence-electron chi connectivity index (χ3n) is 4.34. The van der Waals surface area contributed by atoms with Gasteiger partial charge in [-0.2, -0.15) is 0 Å². The molecule has 2 aliphatic heterocycles. The van der Waals surface area contributed by atoms with Crippen molar-refractivity contribution in [3.8, 4) is 0 Å². The summed E-state index contributed by atoms with van der Waals surface area (Å²) in [4.78, 5) is 50.2. The van der Waals surface area contributed by atoms with E-state index in [2.05, 4.69) is 0 Å². The van der Waals surface area contributed by atoms with Gasteiger partial charge in [0, 0.05) is 11.4 Å². The van der Waals surface area contributed by atoms with E-state index >= 15 is 0 Å². The van der Waals surface area contributed by atoms with E-state index in [1.165, 1.54) is 16.7 Å². The van der Waals surface area contributed by atoms with Gasteiger partial charge in [-0.25, -0.2) is 4.79 Å². The number of aliphatic carboxylic acids is 2. The Labute approximate surface area is 158 Å². The van der Waals surface area contributed by atoms with Gasteiger partial charge in [0.25, 0.3) is 5.91 Å². The van der Waals surface area contributed by atoms with Crippen LogP contribution in [-0.4, -0.2) is 62.6 Å². The average Bonchev–Trinajstić information content (AvgIpc) is 2.65. The van der Waals surface area contributed by atoms with E-state index in [1.54, 1.807) is 30.3 Å². The Morgan fingerprint density at radius 3 is 2.44 bits per heavy atom. The fourth-order valence-corrected chi connectivity index (χ4v) is 4.62. The van der Waals surface area contributed by atoms with Crippen molar-refractivity contribution < 1.29 is 29.4 Å². The Morgan fingerprint density at radius 1 is 1.22 bits per heavy atom. The molecule has 1 saturated heterocycles. The Kier molecular flexibility index (Phi) is 5.19. The van der Waals surface area contributed by atoms with Crippen molar-refractivity contribution in [2.24, 2.45) is 5.73 Å². The normalized spacial score (nSPS) is 21.4. The predicted molar refractivity (Wildman–Crippen MR) is 96.8 cm³/mol. The molecule has 0 saturated carbocycles. The van der Waals surface area contributed by atoms with Crippen molar-refractivity contribution in [2.75, 3.05) is 17.2 Å². The van der Waals surface area contributed by atoms with Crippen LogP contribution in [0.1, 0.15) is 6.42 Å². The molecule has 4 N–H and O–H groups in total. The second-order valence-electron chi connectivity index (χ2n) is 5.99. The highest BCUT2D eigenvalue weighted by Gasteiger charge is 2.57. The molecule has 3 rings (SSSR count). The van der Waals surface area contributed by atoms with Gasteiger partial charge < -0.3 is 15.9 Å². The minimum absolute atomic E-state index is 0.151. The van der Waals surface area contributed by atoms with E-state index < -0.39 is 41.6 Å². The summed E-state index contributed by atoms with van der Waals surface area (Å²) in [5.41, 5.74) is 5.85. The van der Waals surface area contributed by atoms with Crippen LogP contribution in [0.25, 0.3) is 0 Å². The summed E-state index contributed by atoms with van der Waals surface area (Å²) in [5.74, 6) is -3.41. The number of nitrogens with zero attached hydrogens (tertiary/aromatic N) is 2. The zero-order valence-electron chi connectivity index (χ0n) is 14.1. The van der Waals surface area contributed by atoms with E-state index in [4.69, 9.17) is 10.8 Å². The molecule has 2 heterocycles. The highest BCUT2D eigenvalue weighted by Crippen LogP contribution is 2.44. The van der Waals surface area contributed by atoms with Crippen LogP contribution in [0, 0.1) is 0 Å². The van der Waals surface area contributed by atoms with Gasteiger partial charge in [0.15, 0.2) is 0 Å². The van der Waals surface area contributed by atoms with E-state index in [0.717, 1.165) is 4.90 Å². The largest absolute Gasteiger partial charge is 0.481 e. The molecule has 2 aliphatic rings. The van der Waals surface area contributed by atoms with Gasteiger partial charge in [0.2, 0.25) is 5.91 Å². The zero-order chi connectivity index (χ0) is 19.7. The number of carboxylic acids is 2. The molecule has 1 aromatic carbocycles. The first-order valence-electron chi connectivity index (χ1n) is 8.05. The van der Waals surface area contributed by atoms with Gasteiger partial charge in [-0.05, 0) is 17.7 Å². The van der Waals surface area contributed by atoms with Crippen LogP contribution in [0.3, 0.4) is 0 Å². The fraction of sp³-hybridized carbons (Fsp3) is 0.294. The first-order chi connectivity index (χ1) is 12.9. The molecule has 10 heteroatoms. The Hall–Kier alpha value is -2.85. The number of rotatable bonds is 6. The second-order valence-corrected chi connectivity index (χ2v) is 7.09. The maximum atomic E-state index is 12.8. The molecule has 142 valence electrons. The number of thioether (sulfide) groups is 1. The molecule has 2 amide bonds. The number of nitrogens with two attached hydrogens (primary N) is 1. The van der Waals surface area contributed by atoms with Gasteiger partial charge >= 0.3 is 11.9 Å². The van der Waals surface area contributed by atoms with Crippen molar-refractivity contribution in [3.63, 3.8) is 0 Å². The molecule has 0 bridgehead atoms. The van der Waals surface area contributed by atoms with Crippen molar-refractivity contribution in [1.29, 1.82) is 0 Å². The standard InChI is InChI=1S/C17H17N3O6S/c18-7-11(21)19(10-4-2-1-3-5-10)14-15(24)20-13(17(25)26)9(6-12(22)23)8-27-16(14)20/h1-5,14,16H,6-8,18H2,(H,22,23)(H,25,26)/t14-,16+/m1/s1. The van der Waals surface area contributed by atoms with Crippen molar-refractivity contribution in [3.05, 3.63) is 41.6 Å². The van der Waals surface area contributed by atoms with Crippen molar-refractivity contribution >= 4 is 41.2 Å². The highest BCUT2D eigenvalue weighted by molar-refractivity contribution is 8.00. The summed E-state index contributed by atoms with van der Waals surface area (Å²) >= 11 is 1.23. The van der Waals surface area contributed by atoms with Gasteiger partial charge in [-0.3, -0.25) is 24.2 Å². The average molecular weight is 391 g/mol. The lowest BCUT2D eigenvalue weighted by Crippen LogP contribution is -2.72. The number of para-hydroxylation sites is 1. The number of hydrogen-bond donors (Lipinski definition) is 3. The molecule has 0 aliphatic carbocycles. The molecule has 0 radical (unpaired) electrons. The van der Waals surface area contributed by atoms with Crippen LogP contribution in [-0.2, 0) is 19.2 Å². The molecular formula is C17H17N3O6S. The Balaban J connectivity index is 1.97. The summed E-state index contributed by atoms with van der Waals surface area (Å²) in [6, 6.07) is 7.64. The van der Waals surface area contributed by atoms with E-state index in [1.807, 2.05) is 0 Å². The number of anilines is 1. The summed E-state index contributed by atoms with van der Waals surface area (Å²) in [7, 11) is 0. The van der Waals surface area contributed by atoms with Crippen LogP contribution in [0.4, 0.5) is 5.69 Å². The molecule has 0 unspecified atom stereocenters. The number of carbonyl (C=O) groups excluding carboxylic acids is 2. The summed E-state index contributed by atoms with van der Waals surface area (Å²) in [5, 5.41) is 17.9. The van der Waals surface area contributed by atoms with Crippen LogP contribution in [0.5, 0.6) is 0 Å².